The van der Waals surface area contributed by atoms with Crippen molar-refractivity contribution in [2.45, 2.75) is 38.1 Å². The second kappa shape index (κ2) is 6.70. The van der Waals surface area contributed by atoms with Gasteiger partial charge in [-0.3, -0.25) is 0 Å². The normalized spacial score (nSPS) is 11.9. The molecule has 0 aliphatic rings. The van der Waals surface area contributed by atoms with Crippen LogP contribution in [-0.2, 0) is 10.0 Å². The van der Waals surface area contributed by atoms with Gasteiger partial charge in [-0.05, 0) is 24.5 Å². The molecule has 3 N–H and O–H groups in total. The Hall–Kier alpha value is -1.14. The Kier molecular flexibility index (Phi) is 5.55. The van der Waals surface area contributed by atoms with Gasteiger partial charge < -0.3 is 5.73 Å². The van der Waals surface area contributed by atoms with Crippen molar-refractivity contribution in [2.75, 3.05) is 12.3 Å². The van der Waals surface area contributed by atoms with Gasteiger partial charge in [0.2, 0.25) is 0 Å². The molecule has 6 heteroatoms. The van der Waals surface area contributed by atoms with Crippen LogP contribution in [0, 0.1) is 5.92 Å². The molecule has 102 valence electrons. The Morgan fingerprint density at radius 1 is 1.39 bits per heavy atom. The minimum atomic E-state index is -3.58. The molecule has 1 rings (SSSR count). The maximum Gasteiger partial charge on any atom is 0.260 e. The summed E-state index contributed by atoms with van der Waals surface area (Å²) in [5, 5.41) is -0.0890. The van der Waals surface area contributed by atoms with Crippen LogP contribution in [0.25, 0.3) is 0 Å². The molecule has 0 fully saturated rings. The predicted molar refractivity (Wildman–Crippen MR) is 72.5 cm³/mol. The SMILES string of the molecule is CC(C)CCCCNS(=O)(=O)c1ncccc1N. The molecule has 0 aromatic carbocycles. The Labute approximate surface area is 109 Å². The fourth-order valence-electron chi connectivity index (χ4n) is 1.58. The zero-order chi connectivity index (χ0) is 13.6. The van der Waals surface area contributed by atoms with Crippen molar-refractivity contribution in [3.8, 4) is 0 Å². The van der Waals surface area contributed by atoms with Crippen LogP contribution in [0.1, 0.15) is 33.1 Å². The lowest BCUT2D eigenvalue weighted by Crippen LogP contribution is -2.26. The zero-order valence-corrected chi connectivity index (χ0v) is 11.7. The number of rotatable bonds is 7. The third kappa shape index (κ3) is 4.62. The maximum atomic E-state index is 11.9. The number of hydrogen-bond acceptors (Lipinski definition) is 4. The quantitative estimate of drug-likeness (QED) is 0.740. The summed E-state index contributed by atoms with van der Waals surface area (Å²) in [6.07, 6.45) is 4.36. The van der Waals surface area contributed by atoms with Crippen LogP contribution < -0.4 is 10.5 Å². The largest absolute Gasteiger partial charge is 0.396 e. The molecular weight excluding hydrogens is 250 g/mol. The average molecular weight is 271 g/mol. The van der Waals surface area contributed by atoms with Crippen LogP contribution >= 0.6 is 0 Å². The van der Waals surface area contributed by atoms with Crippen LogP contribution in [0.2, 0.25) is 0 Å². The van der Waals surface area contributed by atoms with Gasteiger partial charge in [0.25, 0.3) is 10.0 Å². The van der Waals surface area contributed by atoms with E-state index in [0.29, 0.717) is 12.5 Å². The highest BCUT2D eigenvalue weighted by atomic mass is 32.2. The van der Waals surface area contributed by atoms with E-state index >= 15 is 0 Å². The number of anilines is 1. The van der Waals surface area contributed by atoms with Gasteiger partial charge >= 0.3 is 0 Å². The Morgan fingerprint density at radius 2 is 2.11 bits per heavy atom. The van der Waals surface area contributed by atoms with Crippen molar-refractivity contribution in [1.29, 1.82) is 0 Å². The summed E-state index contributed by atoms with van der Waals surface area (Å²) < 4.78 is 26.3. The van der Waals surface area contributed by atoms with E-state index in [1.165, 1.54) is 12.3 Å². The molecule has 0 spiro atoms. The van der Waals surface area contributed by atoms with E-state index < -0.39 is 10.0 Å². The minimum Gasteiger partial charge on any atom is -0.396 e. The van der Waals surface area contributed by atoms with Crippen LogP contribution in [0.3, 0.4) is 0 Å². The Morgan fingerprint density at radius 3 is 2.72 bits per heavy atom. The molecule has 1 aromatic heterocycles. The van der Waals surface area contributed by atoms with Gasteiger partial charge in [0.05, 0.1) is 5.69 Å². The third-order valence-electron chi connectivity index (χ3n) is 2.56. The van der Waals surface area contributed by atoms with Crippen molar-refractivity contribution in [3.63, 3.8) is 0 Å². The first-order valence-corrected chi connectivity index (χ1v) is 7.62. The van der Waals surface area contributed by atoms with E-state index in [0.717, 1.165) is 19.3 Å². The molecule has 0 bridgehead atoms. The van der Waals surface area contributed by atoms with E-state index in [2.05, 4.69) is 23.6 Å². The number of aromatic nitrogens is 1. The van der Waals surface area contributed by atoms with Crippen molar-refractivity contribution < 1.29 is 8.42 Å². The molecule has 0 unspecified atom stereocenters. The van der Waals surface area contributed by atoms with Crippen molar-refractivity contribution in [3.05, 3.63) is 18.3 Å². The first-order chi connectivity index (χ1) is 8.43. The highest BCUT2D eigenvalue weighted by Gasteiger charge is 2.17. The predicted octanol–water partition coefficient (Wildman–Crippen LogP) is 1.77. The first kappa shape index (κ1) is 14.9. The van der Waals surface area contributed by atoms with E-state index in [4.69, 9.17) is 5.73 Å². The van der Waals surface area contributed by atoms with Crippen molar-refractivity contribution in [2.24, 2.45) is 5.92 Å². The summed E-state index contributed by atoms with van der Waals surface area (Å²) in [6.45, 7) is 4.72. The van der Waals surface area contributed by atoms with Crippen LogP contribution in [0.5, 0.6) is 0 Å². The topological polar surface area (TPSA) is 85.1 Å². The van der Waals surface area contributed by atoms with E-state index in [1.807, 2.05) is 0 Å². The van der Waals surface area contributed by atoms with E-state index in [-0.39, 0.29) is 10.7 Å². The molecule has 0 aliphatic heterocycles. The van der Waals surface area contributed by atoms with Gasteiger partial charge in [0.1, 0.15) is 0 Å². The molecule has 0 saturated carbocycles. The lowest BCUT2D eigenvalue weighted by molar-refractivity contribution is 0.530. The van der Waals surface area contributed by atoms with Crippen LogP contribution in [0.4, 0.5) is 5.69 Å². The number of hydrogen-bond donors (Lipinski definition) is 2. The summed E-state index contributed by atoms with van der Waals surface area (Å²) in [6, 6.07) is 3.14. The van der Waals surface area contributed by atoms with Gasteiger partial charge in [0.15, 0.2) is 5.03 Å². The van der Waals surface area contributed by atoms with Gasteiger partial charge in [-0.2, -0.15) is 0 Å². The number of nitrogens with two attached hydrogens (primary N) is 1. The van der Waals surface area contributed by atoms with Gasteiger partial charge in [0, 0.05) is 12.7 Å². The van der Waals surface area contributed by atoms with Gasteiger partial charge in [-0.25, -0.2) is 18.1 Å². The molecule has 0 amide bonds. The maximum absolute atomic E-state index is 11.9. The summed E-state index contributed by atoms with van der Waals surface area (Å²) in [4.78, 5) is 3.80. The fraction of sp³-hybridized carbons (Fsp3) is 0.583. The zero-order valence-electron chi connectivity index (χ0n) is 10.9. The molecule has 0 atom stereocenters. The number of pyridine rings is 1. The number of nitrogen functional groups attached to an aromatic ring is 1. The highest BCUT2D eigenvalue weighted by molar-refractivity contribution is 7.89. The highest BCUT2D eigenvalue weighted by Crippen LogP contribution is 2.13. The average Bonchev–Trinajstić information content (AvgIpc) is 2.28. The molecule has 0 aliphatic carbocycles. The molecule has 5 nitrogen and oxygen atoms in total. The second-order valence-corrected chi connectivity index (χ2v) is 6.37. The van der Waals surface area contributed by atoms with Crippen molar-refractivity contribution in [1.82, 2.24) is 9.71 Å². The van der Waals surface area contributed by atoms with Crippen molar-refractivity contribution >= 4 is 15.7 Å². The fourth-order valence-corrected chi connectivity index (χ4v) is 2.71. The smallest absolute Gasteiger partial charge is 0.260 e. The Balaban J connectivity index is 2.49. The lowest BCUT2D eigenvalue weighted by atomic mass is 10.1. The minimum absolute atomic E-state index is 0.0890. The lowest BCUT2D eigenvalue weighted by Gasteiger charge is -2.08. The van der Waals surface area contributed by atoms with E-state index in [9.17, 15) is 8.42 Å². The van der Waals surface area contributed by atoms with E-state index in [1.54, 1.807) is 6.07 Å². The number of nitrogens with one attached hydrogen (secondary N) is 1. The molecule has 1 heterocycles. The monoisotopic (exact) mass is 271 g/mol. The van der Waals surface area contributed by atoms with Crippen LogP contribution in [-0.4, -0.2) is 19.9 Å². The molecule has 0 radical (unpaired) electrons. The second-order valence-electron chi connectivity index (χ2n) is 4.69. The molecule has 0 saturated heterocycles. The molecule has 1 aromatic rings. The summed E-state index contributed by atoms with van der Waals surface area (Å²) >= 11 is 0. The summed E-state index contributed by atoms with van der Waals surface area (Å²) in [5.74, 6) is 0.646. The summed E-state index contributed by atoms with van der Waals surface area (Å²) in [5.41, 5.74) is 5.77. The molecule has 18 heavy (non-hydrogen) atoms. The number of sulfonamides is 1. The number of unbranched alkanes of at least 4 members (excludes halogenated alkanes) is 1. The first-order valence-electron chi connectivity index (χ1n) is 6.13. The van der Waals surface area contributed by atoms with Gasteiger partial charge in [-0.1, -0.05) is 26.7 Å². The standard InChI is InChI=1S/C12H21N3O2S/c1-10(2)6-3-4-9-15-18(16,17)12-11(13)7-5-8-14-12/h5,7-8,10,15H,3-4,6,9,13H2,1-2H3. The number of nitrogens with zero attached hydrogens (tertiary/aromatic N) is 1. The summed E-state index contributed by atoms with van der Waals surface area (Å²) in [7, 11) is -3.58. The Bertz CT molecular complexity index is 472. The van der Waals surface area contributed by atoms with Crippen LogP contribution in [0.15, 0.2) is 23.4 Å². The molecular formula is C12H21N3O2S. The third-order valence-corrected chi connectivity index (χ3v) is 3.99. The van der Waals surface area contributed by atoms with Gasteiger partial charge in [-0.15, -0.1) is 0 Å².